The molecule has 0 saturated carbocycles. The Morgan fingerprint density at radius 2 is 2.17 bits per heavy atom. The van der Waals surface area contributed by atoms with Crippen molar-refractivity contribution in [3.8, 4) is 11.3 Å². The van der Waals surface area contributed by atoms with E-state index in [1.165, 1.54) is 0 Å². The number of hydrogen-bond acceptors (Lipinski definition) is 5. The molecular formula is C17H17N3OS2. The van der Waals surface area contributed by atoms with E-state index in [-0.39, 0.29) is 11.9 Å². The van der Waals surface area contributed by atoms with Crippen LogP contribution in [0.5, 0.6) is 0 Å². The first-order valence-corrected chi connectivity index (χ1v) is 8.98. The molecule has 3 aromatic heterocycles. The maximum absolute atomic E-state index is 12.4. The van der Waals surface area contributed by atoms with Gasteiger partial charge in [-0.25, -0.2) is 4.98 Å². The molecule has 0 aliphatic carbocycles. The quantitative estimate of drug-likeness (QED) is 0.765. The number of aromatic nitrogens is 2. The molecule has 118 valence electrons. The average Bonchev–Trinajstić information content (AvgIpc) is 3.15. The number of nitrogens with zero attached hydrogens (tertiary/aromatic N) is 2. The fraction of sp³-hybridized carbons (Fsp3) is 0.235. The summed E-state index contributed by atoms with van der Waals surface area (Å²) in [6, 6.07) is 5.68. The zero-order valence-corrected chi connectivity index (χ0v) is 14.8. The molecule has 4 nitrogen and oxygen atoms in total. The Morgan fingerprint density at radius 1 is 1.35 bits per heavy atom. The second-order valence-electron chi connectivity index (χ2n) is 5.33. The lowest BCUT2D eigenvalue weighted by Crippen LogP contribution is -2.26. The molecule has 23 heavy (non-hydrogen) atoms. The third kappa shape index (κ3) is 3.48. The summed E-state index contributed by atoms with van der Waals surface area (Å²) >= 11 is 3.19. The molecule has 1 amide bonds. The molecule has 3 rings (SSSR count). The van der Waals surface area contributed by atoms with Crippen LogP contribution >= 0.6 is 22.7 Å². The summed E-state index contributed by atoms with van der Waals surface area (Å²) in [5.74, 6) is -0.0440. The fourth-order valence-electron chi connectivity index (χ4n) is 2.33. The molecule has 0 saturated heterocycles. The predicted octanol–water partition coefficient (Wildman–Crippen LogP) is 4.37. The number of rotatable bonds is 4. The number of nitrogens with one attached hydrogen (secondary N) is 1. The van der Waals surface area contributed by atoms with E-state index in [0.29, 0.717) is 0 Å². The van der Waals surface area contributed by atoms with Gasteiger partial charge in [-0.1, -0.05) is 0 Å². The monoisotopic (exact) mass is 343 g/mol. The van der Waals surface area contributed by atoms with E-state index in [0.717, 1.165) is 31.6 Å². The minimum Gasteiger partial charge on any atom is -0.343 e. The van der Waals surface area contributed by atoms with Crippen molar-refractivity contribution < 1.29 is 4.79 Å². The summed E-state index contributed by atoms with van der Waals surface area (Å²) < 4.78 is 0. The lowest BCUT2D eigenvalue weighted by atomic mass is 10.2. The third-order valence-electron chi connectivity index (χ3n) is 3.48. The van der Waals surface area contributed by atoms with Crippen LogP contribution in [0.3, 0.4) is 0 Å². The first-order valence-electron chi connectivity index (χ1n) is 7.28. The molecule has 0 aliphatic heterocycles. The Labute approximate surface area is 143 Å². The van der Waals surface area contributed by atoms with E-state index >= 15 is 0 Å². The van der Waals surface area contributed by atoms with E-state index in [2.05, 4.69) is 15.3 Å². The Balaban J connectivity index is 1.74. The van der Waals surface area contributed by atoms with Crippen molar-refractivity contribution in [2.45, 2.75) is 26.8 Å². The number of carbonyl (C=O) groups is 1. The largest absolute Gasteiger partial charge is 0.343 e. The molecule has 0 bridgehead atoms. The minimum atomic E-state index is -0.127. The molecule has 3 heterocycles. The van der Waals surface area contributed by atoms with Gasteiger partial charge in [0.05, 0.1) is 17.3 Å². The topological polar surface area (TPSA) is 54.9 Å². The lowest BCUT2D eigenvalue weighted by molar-refractivity contribution is 0.0939. The van der Waals surface area contributed by atoms with Crippen LogP contribution in [0.2, 0.25) is 0 Å². The number of carbonyl (C=O) groups excluding carboxylic acids is 1. The Morgan fingerprint density at radius 3 is 2.83 bits per heavy atom. The van der Waals surface area contributed by atoms with Gasteiger partial charge in [0.25, 0.3) is 5.91 Å². The van der Waals surface area contributed by atoms with Gasteiger partial charge in [0.15, 0.2) is 0 Å². The third-order valence-corrected chi connectivity index (χ3v) is 5.48. The summed E-state index contributed by atoms with van der Waals surface area (Å²) in [4.78, 5) is 23.3. The molecule has 0 aliphatic rings. The molecular weight excluding hydrogens is 326 g/mol. The van der Waals surface area contributed by atoms with E-state index < -0.39 is 0 Å². The van der Waals surface area contributed by atoms with Crippen molar-refractivity contribution in [3.05, 3.63) is 56.3 Å². The summed E-state index contributed by atoms with van der Waals surface area (Å²) in [6.45, 7) is 5.94. The molecule has 1 atom stereocenters. The van der Waals surface area contributed by atoms with Gasteiger partial charge in [0.2, 0.25) is 0 Å². The highest BCUT2D eigenvalue weighted by Gasteiger charge is 2.17. The van der Waals surface area contributed by atoms with Gasteiger partial charge < -0.3 is 5.32 Å². The normalized spacial score (nSPS) is 12.1. The summed E-state index contributed by atoms with van der Waals surface area (Å²) in [5, 5.41) is 5.92. The van der Waals surface area contributed by atoms with Gasteiger partial charge in [-0.2, -0.15) is 0 Å². The molecule has 0 unspecified atom stereocenters. The number of amides is 1. The Hall–Kier alpha value is -2.05. The summed E-state index contributed by atoms with van der Waals surface area (Å²) in [7, 11) is 0. The lowest BCUT2D eigenvalue weighted by Gasteiger charge is -2.11. The van der Waals surface area contributed by atoms with Gasteiger partial charge in [0, 0.05) is 33.1 Å². The van der Waals surface area contributed by atoms with Crippen LogP contribution in [0.15, 0.2) is 36.0 Å². The molecule has 0 spiro atoms. The number of thiophene rings is 1. The van der Waals surface area contributed by atoms with Crippen molar-refractivity contribution in [2.75, 3.05) is 0 Å². The van der Waals surface area contributed by atoms with Crippen LogP contribution in [0.25, 0.3) is 11.3 Å². The van der Waals surface area contributed by atoms with Crippen molar-refractivity contribution in [3.63, 3.8) is 0 Å². The van der Waals surface area contributed by atoms with Crippen LogP contribution in [0.1, 0.15) is 38.1 Å². The van der Waals surface area contributed by atoms with E-state index in [1.807, 2.05) is 44.4 Å². The van der Waals surface area contributed by atoms with Crippen molar-refractivity contribution in [1.29, 1.82) is 0 Å². The molecule has 0 fully saturated rings. The Bertz CT molecular complexity index is 823. The average molecular weight is 343 g/mol. The highest BCUT2D eigenvalue weighted by atomic mass is 32.1. The van der Waals surface area contributed by atoms with E-state index in [1.54, 1.807) is 35.1 Å². The van der Waals surface area contributed by atoms with Crippen molar-refractivity contribution >= 4 is 28.6 Å². The van der Waals surface area contributed by atoms with Gasteiger partial charge in [-0.15, -0.1) is 22.7 Å². The SMILES string of the molecule is Cc1cc(C(=O)N[C@@H](C)c2nc(-c3cccnc3)cs2)c(C)s1. The number of aryl methyl sites for hydroxylation is 2. The number of pyridine rings is 1. The van der Waals surface area contributed by atoms with Crippen LogP contribution in [-0.2, 0) is 0 Å². The fourth-order valence-corrected chi connectivity index (χ4v) is 4.08. The first-order chi connectivity index (χ1) is 11.0. The van der Waals surface area contributed by atoms with Gasteiger partial charge in [0.1, 0.15) is 5.01 Å². The van der Waals surface area contributed by atoms with E-state index in [9.17, 15) is 4.79 Å². The maximum atomic E-state index is 12.4. The Kier molecular flexibility index (Phi) is 4.54. The minimum absolute atomic E-state index is 0.0440. The maximum Gasteiger partial charge on any atom is 0.252 e. The van der Waals surface area contributed by atoms with Crippen LogP contribution in [0, 0.1) is 13.8 Å². The molecule has 0 radical (unpaired) electrons. The van der Waals surface area contributed by atoms with Gasteiger partial charge in [-0.3, -0.25) is 9.78 Å². The number of thiazole rings is 1. The van der Waals surface area contributed by atoms with Crippen LogP contribution in [-0.4, -0.2) is 15.9 Å². The highest BCUT2D eigenvalue weighted by Crippen LogP contribution is 2.26. The van der Waals surface area contributed by atoms with Crippen molar-refractivity contribution in [1.82, 2.24) is 15.3 Å². The first kappa shape index (κ1) is 15.8. The zero-order chi connectivity index (χ0) is 16.4. The van der Waals surface area contributed by atoms with Crippen LogP contribution < -0.4 is 5.32 Å². The van der Waals surface area contributed by atoms with Crippen LogP contribution in [0.4, 0.5) is 0 Å². The van der Waals surface area contributed by atoms with Gasteiger partial charge >= 0.3 is 0 Å². The highest BCUT2D eigenvalue weighted by molar-refractivity contribution is 7.12. The molecule has 3 aromatic rings. The smallest absolute Gasteiger partial charge is 0.252 e. The van der Waals surface area contributed by atoms with Crippen molar-refractivity contribution in [2.24, 2.45) is 0 Å². The molecule has 6 heteroatoms. The number of hydrogen-bond donors (Lipinski definition) is 1. The summed E-state index contributed by atoms with van der Waals surface area (Å²) in [6.07, 6.45) is 3.53. The van der Waals surface area contributed by atoms with E-state index in [4.69, 9.17) is 0 Å². The van der Waals surface area contributed by atoms with Gasteiger partial charge in [-0.05, 0) is 39.0 Å². The molecule has 0 aromatic carbocycles. The zero-order valence-electron chi connectivity index (χ0n) is 13.2. The predicted molar refractivity (Wildman–Crippen MR) is 95.0 cm³/mol. The summed E-state index contributed by atoms with van der Waals surface area (Å²) in [5.41, 5.74) is 2.63. The molecule has 1 N–H and O–H groups in total. The second-order valence-corrected chi connectivity index (χ2v) is 7.68. The second kappa shape index (κ2) is 6.60. The standard InChI is InChI=1S/C17H17N3OS2/c1-10-7-14(12(3)23-10)16(21)19-11(2)17-20-15(9-22-17)13-5-4-6-18-8-13/h4-9,11H,1-3H3,(H,19,21)/t11-/m0/s1.